The molecule has 514 valence electrons. The van der Waals surface area contributed by atoms with E-state index >= 15 is 0 Å². The Morgan fingerprint density at radius 1 is 0.402 bits per heavy atom. The molecule has 16 heteroatoms. The molecular formula is C86H74N12OPt3. The molecule has 8 bridgehead atoms. The van der Waals surface area contributed by atoms with Crippen molar-refractivity contribution in [3.05, 3.63) is 329 Å². The molecule has 0 unspecified atom stereocenters. The van der Waals surface area contributed by atoms with E-state index in [4.69, 9.17) is 24.7 Å². The summed E-state index contributed by atoms with van der Waals surface area (Å²) in [6, 6.07) is 76.8. The number of hydrogen-bond donors (Lipinski definition) is 0. The van der Waals surface area contributed by atoms with Crippen LogP contribution < -0.4 is 4.74 Å². The number of fused-ring (bicyclic) bond motifs is 10. The van der Waals surface area contributed by atoms with Crippen LogP contribution in [-0.2, 0) is 104 Å². The molecular weight excluding hydrogens is 1800 g/mol. The van der Waals surface area contributed by atoms with Gasteiger partial charge in [-0.15, -0.1) is 202 Å². The molecule has 0 aliphatic carbocycles. The van der Waals surface area contributed by atoms with Gasteiger partial charge in [0.15, 0.2) is 0 Å². The fraction of sp³-hybridized carbons (Fsp3) is 0.163. The van der Waals surface area contributed by atoms with E-state index in [1.165, 1.54) is 44.8 Å². The van der Waals surface area contributed by atoms with Gasteiger partial charge in [-0.2, -0.15) is 0 Å². The molecule has 102 heavy (non-hydrogen) atoms. The smallest absolute Gasteiger partial charge is 0.446 e. The van der Waals surface area contributed by atoms with Gasteiger partial charge in [0.05, 0.1) is 35.5 Å². The van der Waals surface area contributed by atoms with Crippen LogP contribution in [0, 0.1) is 91.8 Å². The third-order valence-corrected chi connectivity index (χ3v) is 17.6. The minimum absolute atomic E-state index is 0. The van der Waals surface area contributed by atoms with Crippen LogP contribution in [0.25, 0.3) is 84.7 Å². The third kappa shape index (κ3) is 16.2. The molecule has 15 aromatic rings. The Labute approximate surface area is 640 Å². The fourth-order valence-electron chi connectivity index (χ4n) is 13.4. The maximum atomic E-state index is 6.32. The molecule has 6 aromatic heterocycles. The molecule has 16 rings (SSSR count). The van der Waals surface area contributed by atoms with E-state index in [-0.39, 0.29) is 63.2 Å². The van der Waals surface area contributed by atoms with E-state index in [0.29, 0.717) is 24.6 Å². The van der Waals surface area contributed by atoms with E-state index in [1.807, 2.05) is 120 Å². The number of aryl methyl sites for hydroxylation is 11. The van der Waals surface area contributed by atoms with Gasteiger partial charge in [-0.1, -0.05) is 59.7 Å². The minimum atomic E-state index is 0. The normalized spacial score (nSPS) is 11.2. The first kappa shape index (κ1) is 73.3. The predicted molar refractivity (Wildman–Crippen MR) is 392 cm³/mol. The van der Waals surface area contributed by atoms with Gasteiger partial charge < -0.3 is 27.6 Å². The van der Waals surface area contributed by atoms with Crippen LogP contribution in [-0.4, -0.2) is 57.3 Å². The number of imidazole rings is 6. The summed E-state index contributed by atoms with van der Waals surface area (Å²) in [5.74, 6) is 3.48. The van der Waals surface area contributed by atoms with Crippen LogP contribution >= 0.6 is 0 Å². The summed E-state index contributed by atoms with van der Waals surface area (Å²) in [5.41, 5.74) is 27.7. The second kappa shape index (κ2) is 32.0. The van der Waals surface area contributed by atoms with Crippen LogP contribution in [0.1, 0.15) is 78.5 Å². The predicted octanol–water partition coefficient (Wildman–Crippen LogP) is 18.0. The number of para-hydroxylation sites is 1. The first-order valence-electron chi connectivity index (χ1n) is 33.2. The molecule has 7 heterocycles. The second-order valence-electron chi connectivity index (χ2n) is 25.7. The molecule has 9 aromatic carbocycles. The van der Waals surface area contributed by atoms with E-state index in [0.717, 1.165) is 125 Å². The number of rotatable bonds is 11. The van der Waals surface area contributed by atoms with Gasteiger partial charge in [-0.25, -0.2) is 4.98 Å². The molecule has 0 radical (unpaired) electrons. The Morgan fingerprint density at radius 2 is 0.882 bits per heavy atom. The molecule has 13 nitrogen and oxygen atoms in total. The van der Waals surface area contributed by atoms with Gasteiger partial charge in [0, 0.05) is 80.1 Å². The number of nitrogens with zero attached hydrogens (tertiary/aromatic N) is 12. The fourth-order valence-corrected chi connectivity index (χ4v) is 13.4. The monoisotopic (exact) mass is 1880 g/mol. The van der Waals surface area contributed by atoms with Crippen molar-refractivity contribution in [1.82, 2.24) is 57.3 Å². The zero-order valence-electron chi connectivity index (χ0n) is 58.6. The van der Waals surface area contributed by atoms with Crippen molar-refractivity contribution in [3.63, 3.8) is 0 Å². The van der Waals surface area contributed by atoms with Crippen molar-refractivity contribution in [2.75, 3.05) is 0 Å². The Morgan fingerprint density at radius 3 is 1.47 bits per heavy atom. The number of aromatic nitrogens is 12. The second-order valence-corrected chi connectivity index (χ2v) is 25.7. The number of benzene rings is 9. The third-order valence-electron chi connectivity index (χ3n) is 17.6. The molecule has 1 aliphatic heterocycles. The summed E-state index contributed by atoms with van der Waals surface area (Å²) in [4.78, 5) is 28.8. The van der Waals surface area contributed by atoms with Crippen LogP contribution in [0.4, 0.5) is 0 Å². The quantitative estimate of drug-likeness (QED) is 0.118. The van der Waals surface area contributed by atoms with Crippen LogP contribution in [0.15, 0.2) is 214 Å². The summed E-state index contributed by atoms with van der Waals surface area (Å²) < 4.78 is 18.8. The van der Waals surface area contributed by atoms with Crippen molar-refractivity contribution in [2.24, 2.45) is 21.1 Å². The summed E-state index contributed by atoms with van der Waals surface area (Å²) in [5, 5.41) is 0. The zero-order valence-corrected chi connectivity index (χ0v) is 65.4. The standard InChI is InChI=1S/C29H24N4.C29H26N4.C28H24N4O.3Pt/c1-19-7-4-8-20(2)28(19)33-18-26-23-11-5-9-21(13-23)15-25-17-32(3)29(30-25)24-12-6-10-22(14-24)16-27(33)31-26;1-20-13-21(2)29(22(3)14-20)33-18-27(24-10-6-5-7-11-24)31-28(33)16-23-9-8-12-25(15-23)26-17-32(4)19-30-26;1-19-13-20(2)27(21(3)14-19)32-17-26(22-9-6-5-7-10-22)30-28(32)33-24-12-8-11-23(15-24)25-16-31(4)18-29-25;;;/h4-12,17-18H,15-16H2,1-3H3;5-10,12-14,17-19H,16H2,1-4H3;5-9,11-14,16-18H,1-4H3;;;/q3*-2;3*+2. The van der Waals surface area contributed by atoms with Gasteiger partial charge in [-0.3, -0.25) is 29.5 Å². The van der Waals surface area contributed by atoms with Crippen molar-refractivity contribution < 1.29 is 67.9 Å². The van der Waals surface area contributed by atoms with Gasteiger partial charge in [-0.05, 0) is 126 Å². The topological polar surface area (TPSA) is 116 Å². The average Bonchev–Trinajstić information content (AvgIpc) is 1.61. The van der Waals surface area contributed by atoms with Gasteiger partial charge >= 0.3 is 63.2 Å². The molecule has 0 amide bonds. The van der Waals surface area contributed by atoms with Gasteiger partial charge in [0.25, 0.3) is 6.01 Å². The first-order valence-corrected chi connectivity index (χ1v) is 33.2. The van der Waals surface area contributed by atoms with Crippen molar-refractivity contribution in [1.29, 1.82) is 0 Å². The summed E-state index contributed by atoms with van der Waals surface area (Å²) >= 11 is 0. The van der Waals surface area contributed by atoms with Crippen LogP contribution in [0.2, 0.25) is 0 Å². The minimum Gasteiger partial charge on any atom is -0.446 e. The summed E-state index contributed by atoms with van der Waals surface area (Å²) in [7, 11) is 5.97. The SMILES string of the molecule is Cc1cc(C)c(-n2cc(-c3[c-]cccc3)nc2Cc2[c-]c(-c3cn(C)cn3)ccc2)c(C)c1.Cc1cc(C)c(-n2cc(-c3[c-]cccc3)nc2Oc2[c-]c(-c3cn(C)cn3)ccc2)c(C)c1.Cc1cccc(C)c1-n1cc2nc1Cc1[c-]c(ccc1)-c1nc(cn1C)Cc1[c-]c-2ccc1.[Pt+2].[Pt+2].[Pt+2]. The van der Waals surface area contributed by atoms with Crippen LogP contribution in [0.3, 0.4) is 0 Å². The number of hydrogen-bond acceptors (Lipinski definition) is 7. The zero-order chi connectivity index (χ0) is 68.4. The van der Waals surface area contributed by atoms with E-state index in [1.54, 1.807) is 6.33 Å². The molecule has 0 atom stereocenters. The Kier molecular flexibility index (Phi) is 23.0. The van der Waals surface area contributed by atoms with Crippen molar-refractivity contribution in [3.8, 4) is 96.5 Å². The Balaban J connectivity index is 0.000000151. The maximum absolute atomic E-state index is 6.32. The van der Waals surface area contributed by atoms with Crippen molar-refractivity contribution in [2.45, 2.75) is 74.7 Å². The van der Waals surface area contributed by atoms with Crippen LogP contribution in [0.5, 0.6) is 11.8 Å². The maximum Gasteiger partial charge on any atom is 2.00 e. The number of ether oxygens (including phenoxy) is 1. The molecule has 1 aliphatic rings. The summed E-state index contributed by atoms with van der Waals surface area (Å²) in [6.45, 7) is 17.1. The van der Waals surface area contributed by atoms with E-state index in [9.17, 15) is 0 Å². The molecule has 0 saturated heterocycles. The van der Waals surface area contributed by atoms with E-state index < -0.39 is 0 Å². The van der Waals surface area contributed by atoms with Gasteiger partial charge in [0.2, 0.25) is 0 Å². The van der Waals surface area contributed by atoms with Gasteiger partial charge in [0.1, 0.15) is 11.6 Å². The Hall–Kier alpha value is -9.90. The molecule has 0 spiro atoms. The largest absolute Gasteiger partial charge is 2.00 e. The summed E-state index contributed by atoms with van der Waals surface area (Å²) in [6.07, 6.45) is 18.0. The Bertz CT molecular complexity index is 5150. The van der Waals surface area contributed by atoms with E-state index in [2.05, 4.69) is 237 Å². The molecule has 0 fully saturated rings. The average molecular weight is 1880 g/mol. The first-order chi connectivity index (χ1) is 48.0. The molecule has 0 saturated carbocycles. The van der Waals surface area contributed by atoms with Crippen molar-refractivity contribution >= 4 is 0 Å². The molecule has 0 N–H and O–H groups in total.